The van der Waals surface area contributed by atoms with Crippen molar-refractivity contribution in [3.05, 3.63) is 90.0 Å². The van der Waals surface area contributed by atoms with Crippen molar-refractivity contribution in [1.82, 2.24) is 0 Å². The standard InChI is InChI=1S/C24H16O/c1-15(25)14-22-20-12-10-16-6-2-4-8-18(16)23(20)24-19-9-5-3-7-17(19)11-13-21(22)24/h2-14H,1H3. The van der Waals surface area contributed by atoms with Gasteiger partial charge in [0.25, 0.3) is 0 Å². The van der Waals surface area contributed by atoms with Crippen LogP contribution in [0.1, 0.15) is 18.1 Å². The van der Waals surface area contributed by atoms with Crippen LogP contribution in [0.2, 0.25) is 0 Å². The van der Waals surface area contributed by atoms with E-state index in [2.05, 4.69) is 72.8 Å². The van der Waals surface area contributed by atoms with Gasteiger partial charge in [0, 0.05) is 0 Å². The third-order valence-electron chi connectivity index (χ3n) is 5.04. The van der Waals surface area contributed by atoms with E-state index in [1.165, 1.54) is 32.7 Å². The first-order valence-electron chi connectivity index (χ1n) is 8.51. The van der Waals surface area contributed by atoms with Crippen LogP contribution in [-0.4, -0.2) is 5.78 Å². The molecule has 0 saturated heterocycles. The molecule has 0 atom stereocenters. The Morgan fingerprint density at radius 1 is 0.680 bits per heavy atom. The smallest absolute Gasteiger partial charge is 0.153 e. The zero-order valence-electron chi connectivity index (χ0n) is 13.9. The molecule has 1 heteroatoms. The fraction of sp³-hybridized carbons (Fsp3) is 0.0417. The lowest BCUT2D eigenvalue weighted by atomic mass is 9.94. The van der Waals surface area contributed by atoms with E-state index in [-0.39, 0.29) is 5.78 Å². The number of benzene rings is 4. The Hall–Kier alpha value is -3.19. The molecule has 1 aliphatic carbocycles. The van der Waals surface area contributed by atoms with Crippen LogP contribution >= 0.6 is 0 Å². The summed E-state index contributed by atoms with van der Waals surface area (Å²) in [7, 11) is 0. The van der Waals surface area contributed by atoms with Crippen molar-refractivity contribution < 1.29 is 4.79 Å². The number of rotatable bonds is 1. The summed E-state index contributed by atoms with van der Waals surface area (Å²) in [5.41, 5.74) is 5.84. The molecule has 0 amide bonds. The molecule has 0 N–H and O–H groups in total. The number of carbonyl (C=O) groups excluding carboxylic acids is 1. The van der Waals surface area contributed by atoms with Crippen molar-refractivity contribution in [3.63, 3.8) is 0 Å². The van der Waals surface area contributed by atoms with E-state index < -0.39 is 0 Å². The van der Waals surface area contributed by atoms with Crippen LogP contribution in [0.25, 0.3) is 38.2 Å². The fourth-order valence-corrected chi connectivity index (χ4v) is 4.03. The molecule has 0 saturated carbocycles. The Balaban J connectivity index is 2.02. The third-order valence-corrected chi connectivity index (χ3v) is 5.04. The van der Waals surface area contributed by atoms with Gasteiger partial charge in [-0.25, -0.2) is 0 Å². The van der Waals surface area contributed by atoms with Gasteiger partial charge in [0.05, 0.1) is 0 Å². The Kier molecular flexibility index (Phi) is 2.92. The van der Waals surface area contributed by atoms with Gasteiger partial charge >= 0.3 is 0 Å². The fourth-order valence-electron chi connectivity index (χ4n) is 4.03. The Morgan fingerprint density at radius 3 is 1.64 bits per heavy atom. The predicted octanol–water partition coefficient (Wildman–Crippen LogP) is 5.99. The summed E-state index contributed by atoms with van der Waals surface area (Å²) in [5.74, 6) is 0.0788. The van der Waals surface area contributed by atoms with Crippen molar-refractivity contribution >= 4 is 32.9 Å². The van der Waals surface area contributed by atoms with E-state index in [1.807, 2.05) is 0 Å². The number of hydrogen-bond acceptors (Lipinski definition) is 1. The van der Waals surface area contributed by atoms with E-state index in [1.54, 1.807) is 13.0 Å². The van der Waals surface area contributed by atoms with Crippen LogP contribution in [0, 0.1) is 0 Å². The number of allylic oxidation sites excluding steroid dienone is 1. The molecule has 25 heavy (non-hydrogen) atoms. The van der Waals surface area contributed by atoms with Gasteiger partial charge in [0.2, 0.25) is 0 Å². The average Bonchev–Trinajstić information content (AvgIpc) is 2.96. The highest BCUT2D eigenvalue weighted by Gasteiger charge is 2.27. The maximum absolute atomic E-state index is 11.9. The van der Waals surface area contributed by atoms with Crippen LogP contribution in [0.15, 0.2) is 78.9 Å². The lowest BCUT2D eigenvalue weighted by Crippen LogP contribution is -1.88. The molecule has 118 valence electrons. The molecule has 0 aromatic heterocycles. The number of ketones is 1. The van der Waals surface area contributed by atoms with Gasteiger partial charge in [-0.15, -0.1) is 0 Å². The highest BCUT2D eigenvalue weighted by atomic mass is 16.1. The van der Waals surface area contributed by atoms with Crippen molar-refractivity contribution in [3.8, 4) is 11.1 Å². The molecule has 4 aromatic rings. The molecule has 0 heterocycles. The van der Waals surface area contributed by atoms with E-state index in [0.717, 1.165) is 16.7 Å². The summed E-state index contributed by atoms with van der Waals surface area (Å²) in [5, 5.41) is 4.93. The summed E-state index contributed by atoms with van der Waals surface area (Å²) in [4.78, 5) is 11.9. The summed E-state index contributed by atoms with van der Waals surface area (Å²) in [6.45, 7) is 1.62. The second-order valence-corrected chi connectivity index (χ2v) is 6.59. The second-order valence-electron chi connectivity index (χ2n) is 6.59. The molecule has 0 unspecified atom stereocenters. The molecule has 5 rings (SSSR count). The first kappa shape index (κ1) is 14.2. The van der Waals surface area contributed by atoms with Crippen molar-refractivity contribution in [2.45, 2.75) is 6.92 Å². The van der Waals surface area contributed by atoms with Crippen LogP contribution in [0.4, 0.5) is 0 Å². The highest BCUT2D eigenvalue weighted by Crippen LogP contribution is 2.50. The summed E-state index contributed by atoms with van der Waals surface area (Å²) in [6.07, 6.45) is 1.77. The van der Waals surface area contributed by atoms with Crippen molar-refractivity contribution in [2.24, 2.45) is 0 Å². The highest BCUT2D eigenvalue weighted by molar-refractivity contribution is 6.20. The molecule has 0 radical (unpaired) electrons. The maximum atomic E-state index is 11.9. The molecule has 0 aliphatic heterocycles. The summed E-state index contributed by atoms with van der Waals surface area (Å²) in [6, 6.07) is 25.6. The molecular weight excluding hydrogens is 304 g/mol. The first-order chi connectivity index (χ1) is 12.2. The quantitative estimate of drug-likeness (QED) is 0.346. The molecule has 1 aliphatic rings. The summed E-state index contributed by atoms with van der Waals surface area (Å²) >= 11 is 0. The molecule has 0 bridgehead atoms. The van der Waals surface area contributed by atoms with E-state index in [4.69, 9.17) is 0 Å². The number of hydrogen-bond donors (Lipinski definition) is 0. The Morgan fingerprint density at radius 2 is 1.16 bits per heavy atom. The average molecular weight is 320 g/mol. The van der Waals surface area contributed by atoms with Crippen LogP contribution in [0.5, 0.6) is 0 Å². The first-order valence-corrected chi connectivity index (χ1v) is 8.51. The van der Waals surface area contributed by atoms with Crippen LogP contribution in [0.3, 0.4) is 0 Å². The number of fused-ring (bicyclic) bond motifs is 7. The van der Waals surface area contributed by atoms with Crippen molar-refractivity contribution in [2.75, 3.05) is 0 Å². The van der Waals surface area contributed by atoms with Gasteiger partial charge in [-0.1, -0.05) is 72.8 Å². The minimum absolute atomic E-state index is 0.0788. The summed E-state index contributed by atoms with van der Waals surface area (Å²) < 4.78 is 0. The molecule has 0 fully saturated rings. The van der Waals surface area contributed by atoms with Gasteiger partial charge < -0.3 is 0 Å². The topological polar surface area (TPSA) is 17.1 Å². The minimum Gasteiger partial charge on any atom is -0.295 e. The van der Waals surface area contributed by atoms with Gasteiger partial charge in [-0.2, -0.15) is 0 Å². The van der Waals surface area contributed by atoms with E-state index >= 15 is 0 Å². The molecule has 4 aromatic carbocycles. The Labute approximate surface area is 146 Å². The molecule has 1 nitrogen and oxygen atoms in total. The van der Waals surface area contributed by atoms with Gasteiger partial charge in [-0.3, -0.25) is 4.79 Å². The second kappa shape index (κ2) is 5.15. The number of carbonyl (C=O) groups is 1. The monoisotopic (exact) mass is 320 g/mol. The van der Waals surface area contributed by atoms with Crippen LogP contribution < -0.4 is 0 Å². The molecular formula is C24H16O. The van der Waals surface area contributed by atoms with Gasteiger partial charge in [0.15, 0.2) is 5.78 Å². The van der Waals surface area contributed by atoms with Crippen LogP contribution in [-0.2, 0) is 4.79 Å². The van der Waals surface area contributed by atoms with Gasteiger partial charge in [0.1, 0.15) is 0 Å². The third kappa shape index (κ3) is 1.99. The van der Waals surface area contributed by atoms with Gasteiger partial charge in [-0.05, 0) is 62.4 Å². The predicted molar refractivity (Wildman–Crippen MR) is 105 cm³/mol. The Bertz CT molecular complexity index is 1120. The van der Waals surface area contributed by atoms with E-state index in [0.29, 0.717) is 0 Å². The normalized spacial score (nSPS) is 12.3. The lowest BCUT2D eigenvalue weighted by Gasteiger charge is -2.09. The van der Waals surface area contributed by atoms with Crippen molar-refractivity contribution in [1.29, 1.82) is 0 Å². The zero-order valence-corrected chi connectivity index (χ0v) is 13.9. The maximum Gasteiger partial charge on any atom is 0.153 e. The zero-order chi connectivity index (χ0) is 17.0. The molecule has 0 spiro atoms. The lowest BCUT2D eigenvalue weighted by molar-refractivity contribution is -0.112. The largest absolute Gasteiger partial charge is 0.295 e. The van der Waals surface area contributed by atoms with E-state index in [9.17, 15) is 4.79 Å². The minimum atomic E-state index is 0.0788. The SMILES string of the molecule is CC(=O)C=C1c2ccc3ccccc3c2-c2c1ccc1ccccc21.